The van der Waals surface area contributed by atoms with Gasteiger partial charge in [0.1, 0.15) is 19.3 Å². The summed E-state index contributed by atoms with van der Waals surface area (Å²) in [6.07, 6.45) is 1.40. The fourth-order valence-electron chi connectivity index (χ4n) is 1.76. The summed E-state index contributed by atoms with van der Waals surface area (Å²) in [4.78, 5) is 40.4. The Bertz CT molecular complexity index is 564. The van der Waals surface area contributed by atoms with E-state index in [4.69, 9.17) is 15.3 Å². The maximum atomic E-state index is 12.0. The minimum Gasteiger partial charge on any atom is -0.460 e. The lowest BCUT2D eigenvalue weighted by Gasteiger charge is -2.16. The van der Waals surface area contributed by atoms with Crippen molar-refractivity contribution in [2.24, 2.45) is 5.73 Å². The van der Waals surface area contributed by atoms with Crippen molar-refractivity contribution in [1.82, 2.24) is 5.06 Å². The molecule has 1 aromatic carbocycles. The Morgan fingerprint density at radius 2 is 1.86 bits per heavy atom. The zero-order chi connectivity index (χ0) is 15.4. The molecule has 2 rings (SSSR count). The second-order valence-corrected chi connectivity index (χ2v) is 4.27. The van der Waals surface area contributed by atoms with Gasteiger partial charge in [-0.05, 0) is 12.1 Å². The first-order valence-electron chi connectivity index (χ1n) is 6.20. The molecule has 0 saturated heterocycles. The van der Waals surface area contributed by atoms with Crippen molar-refractivity contribution in [2.45, 2.75) is 6.04 Å². The van der Waals surface area contributed by atoms with Crippen molar-refractivity contribution in [1.29, 1.82) is 0 Å². The summed E-state index contributed by atoms with van der Waals surface area (Å²) >= 11 is 0. The lowest BCUT2D eigenvalue weighted by atomic mass is 10.1. The number of esters is 1. The number of ether oxygens (including phenoxy) is 1. The summed E-state index contributed by atoms with van der Waals surface area (Å²) in [5.74, 6) is -1.86. The van der Waals surface area contributed by atoms with Crippen LogP contribution in [0.15, 0.2) is 36.9 Å². The summed E-state index contributed by atoms with van der Waals surface area (Å²) in [5.41, 5.74) is 6.06. The molecule has 0 fully saturated rings. The predicted molar refractivity (Wildman–Crippen MR) is 72.0 cm³/mol. The molecule has 2 amide bonds. The second kappa shape index (κ2) is 6.29. The Labute approximate surface area is 120 Å². The highest BCUT2D eigenvalue weighted by Gasteiger charge is 2.37. The van der Waals surface area contributed by atoms with Gasteiger partial charge < -0.3 is 10.5 Å². The van der Waals surface area contributed by atoms with E-state index >= 15 is 0 Å². The number of fused-ring (bicyclic) bond motifs is 1. The van der Waals surface area contributed by atoms with E-state index < -0.39 is 23.8 Å². The van der Waals surface area contributed by atoms with Crippen molar-refractivity contribution in [3.05, 3.63) is 48.0 Å². The maximum Gasteiger partial charge on any atom is 0.325 e. The topological polar surface area (TPSA) is 98.9 Å². The zero-order valence-electron chi connectivity index (χ0n) is 11.2. The lowest BCUT2D eigenvalue weighted by molar-refractivity contribution is -0.150. The number of amides is 2. The molecule has 110 valence electrons. The third-order valence-corrected chi connectivity index (χ3v) is 2.79. The molecule has 0 saturated carbocycles. The zero-order valence-corrected chi connectivity index (χ0v) is 11.2. The molecule has 0 aromatic heterocycles. The van der Waals surface area contributed by atoms with Gasteiger partial charge in [0.15, 0.2) is 0 Å². The quantitative estimate of drug-likeness (QED) is 0.458. The van der Waals surface area contributed by atoms with Crippen LogP contribution in [0.5, 0.6) is 0 Å². The van der Waals surface area contributed by atoms with Crippen LogP contribution < -0.4 is 5.73 Å². The van der Waals surface area contributed by atoms with Gasteiger partial charge in [-0.1, -0.05) is 24.8 Å². The fourth-order valence-corrected chi connectivity index (χ4v) is 1.76. The van der Waals surface area contributed by atoms with Crippen LogP contribution in [-0.2, 0) is 14.4 Å². The van der Waals surface area contributed by atoms with Gasteiger partial charge in [0.25, 0.3) is 11.8 Å². The van der Waals surface area contributed by atoms with Crippen LogP contribution in [0.2, 0.25) is 0 Å². The molecule has 21 heavy (non-hydrogen) atoms. The van der Waals surface area contributed by atoms with Crippen LogP contribution in [0.25, 0.3) is 0 Å². The average Bonchev–Trinajstić information content (AvgIpc) is 2.74. The molecule has 1 aromatic rings. The molecule has 0 spiro atoms. The Kier molecular flexibility index (Phi) is 4.46. The van der Waals surface area contributed by atoms with Gasteiger partial charge in [-0.15, -0.1) is 5.06 Å². The summed E-state index contributed by atoms with van der Waals surface area (Å²) in [6.45, 7) is 3.08. The Morgan fingerprint density at radius 1 is 1.29 bits per heavy atom. The number of nitrogens with zero attached hydrogens (tertiary/aromatic N) is 1. The number of hydrogen-bond acceptors (Lipinski definition) is 6. The largest absolute Gasteiger partial charge is 0.460 e. The standard InChI is InChI=1S/C14H14N2O5/c1-2-7-20-14(19)11(15)8-21-16-12(17)9-5-3-4-6-10(9)13(16)18/h2-6,11H,1,7-8,15H2/t11-/m0/s1. The molecule has 0 bridgehead atoms. The third-order valence-electron chi connectivity index (χ3n) is 2.79. The number of hydroxylamine groups is 2. The van der Waals surface area contributed by atoms with Crippen molar-refractivity contribution in [3.8, 4) is 0 Å². The van der Waals surface area contributed by atoms with Gasteiger partial charge in [-0.3, -0.25) is 19.2 Å². The van der Waals surface area contributed by atoms with E-state index in [-0.39, 0.29) is 24.3 Å². The first-order chi connectivity index (χ1) is 10.1. The molecular weight excluding hydrogens is 276 g/mol. The van der Waals surface area contributed by atoms with Gasteiger partial charge in [0, 0.05) is 0 Å². The number of hydrogen-bond donors (Lipinski definition) is 1. The molecule has 1 aliphatic rings. The van der Waals surface area contributed by atoms with Crippen LogP contribution in [0, 0.1) is 0 Å². The average molecular weight is 290 g/mol. The smallest absolute Gasteiger partial charge is 0.325 e. The van der Waals surface area contributed by atoms with Gasteiger partial charge in [0.2, 0.25) is 0 Å². The van der Waals surface area contributed by atoms with E-state index in [1.807, 2.05) is 0 Å². The number of carbonyl (C=O) groups excluding carboxylic acids is 3. The normalized spacial score (nSPS) is 14.8. The summed E-state index contributed by atoms with van der Waals surface area (Å²) in [7, 11) is 0. The van der Waals surface area contributed by atoms with E-state index in [0.29, 0.717) is 5.06 Å². The van der Waals surface area contributed by atoms with Crippen LogP contribution >= 0.6 is 0 Å². The van der Waals surface area contributed by atoms with Gasteiger partial charge in [0.05, 0.1) is 11.1 Å². The summed E-state index contributed by atoms with van der Waals surface area (Å²) < 4.78 is 4.73. The highest BCUT2D eigenvalue weighted by atomic mass is 16.7. The molecule has 7 nitrogen and oxygen atoms in total. The van der Waals surface area contributed by atoms with Crippen LogP contribution in [0.3, 0.4) is 0 Å². The van der Waals surface area contributed by atoms with Crippen molar-refractivity contribution in [2.75, 3.05) is 13.2 Å². The number of benzene rings is 1. The molecule has 1 aliphatic heterocycles. The minimum absolute atomic E-state index is 0.0273. The predicted octanol–water partition coefficient (Wildman–Crippen LogP) is 0.271. The second-order valence-electron chi connectivity index (χ2n) is 4.27. The third kappa shape index (κ3) is 2.99. The minimum atomic E-state index is -1.10. The first kappa shape index (κ1) is 14.9. The summed E-state index contributed by atoms with van der Waals surface area (Å²) in [5, 5.41) is 0.602. The van der Waals surface area contributed by atoms with Crippen molar-refractivity contribution in [3.63, 3.8) is 0 Å². The highest BCUT2D eigenvalue weighted by molar-refractivity contribution is 6.20. The molecule has 0 unspecified atom stereocenters. The number of nitrogens with two attached hydrogens (primary N) is 1. The highest BCUT2D eigenvalue weighted by Crippen LogP contribution is 2.22. The molecular formula is C14H14N2O5. The molecule has 1 heterocycles. The van der Waals surface area contributed by atoms with Gasteiger partial charge >= 0.3 is 5.97 Å². The Balaban J connectivity index is 1.96. The molecule has 0 radical (unpaired) electrons. The number of rotatable bonds is 6. The number of carbonyl (C=O) groups is 3. The first-order valence-corrected chi connectivity index (χ1v) is 6.20. The molecule has 1 atom stereocenters. The summed E-state index contributed by atoms with van der Waals surface area (Å²) in [6, 6.07) is 5.24. The molecule has 2 N–H and O–H groups in total. The van der Waals surface area contributed by atoms with Crippen molar-refractivity contribution < 1.29 is 24.0 Å². The van der Waals surface area contributed by atoms with Gasteiger partial charge in [-0.2, -0.15) is 0 Å². The van der Waals surface area contributed by atoms with Crippen LogP contribution in [-0.4, -0.2) is 42.1 Å². The van der Waals surface area contributed by atoms with E-state index in [1.54, 1.807) is 12.1 Å². The Morgan fingerprint density at radius 3 is 2.38 bits per heavy atom. The van der Waals surface area contributed by atoms with E-state index in [1.165, 1.54) is 18.2 Å². The van der Waals surface area contributed by atoms with E-state index in [2.05, 4.69) is 6.58 Å². The van der Waals surface area contributed by atoms with E-state index in [0.717, 1.165) is 0 Å². The fraction of sp³-hybridized carbons (Fsp3) is 0.214. The van der Waals surface area contributed by atoms with Crippen molar-refractivity contribution >= 4 is 17.8 Å². The lowest BCUT2D eigenvalue weighted by Crippen LogP contribution is -2.41. The van der Waals surface area contributed by atoms with Gasteiger partial charge in [-0.25, -0.2) is 0 Å². The SMILES string of the molecule is C=CCOC(=O)[C@@H](N)CON1C(=O)c2ccccc2C1=O. The van der Waals surface area contributed by atoms with E-state index in [9.17, 15) is 14.4 Å². The number of imide groups is 1. The molecule has 7 heteroatoms. The van der Waals surface area contributed by atoms with Crippen LogP contribution in [0.4, 0.5) is 0 Å². The van der Waals surface area contributed by atoms with Crippen LogP contribution in [0.1, 0.15) is 20.7 Å². The Hall–Kier alpha value is -2.51. The maximum absolute atomic E-state index is 12.0. The molecule has 0 aliphatic carbocycles. The monoisotopic (exact) mass is 290 g/mol.